The van der Waals surface area contributed by atoms with Gasteiger partial charge in [0.2, 0.25) is 5.91 Å². The highest BCUT2D eigenvalue weighted by Crippen LogP contribution is 2.28. The average molecular weight is 287 g/mol. The molecule has 0 spiro atoms. The van der Waals surface area contributed by atoms with Crippen molar-refractivity contribution in [2.45, 2.75) is 25.9 Å². The topological polar surface area (TPSA) is 87.4 Å². The lowest BCUT2D eigenvalue weighted by atomic mass is 10.1. The lowest BCUT2D eigenvalue weighted by Gasteiger charge is -2.10. The molecule has 0 saturated carbocycles. The Balaban J connectivity index is 1.61. The molecule has 0 bridgehead atoms. The first kappa shape index (κ1) is 13.6. The van der Waals surface area contributed by atoms with E-state index in [4.69, 9.17) is 4.52 Å². The number of aryl methyl sites for hydroxylation is 1. The molecule has 0 saturated heterocycles. The number of rotatable bonds is 4. The molecule has 1 aromatic heterocycles. The zero-order valence-electron chi connectivity index (χ0n) is 11.7. The normalized spacial score (nSPS) is 16.6. The fraction of sp³-hybridized carbons (Fsp3) is 0.333. The van der Waals surface area contributed by atoms with Crippen molar-refractivity contribution in [3.8, 4) is 0 Å². The molecular weight excluding hydrogens is 270 g/mol. The lowest BCUT2D eigenvalue weighted by Crippen LogP contribution is -2.22. The molecule has 21 heavy (non-hydrogen) atoms. The Kier molecular flexibility index (Phi) is 3.62. The van der Waals surface area contributed by atoms with Gasteiger partial charge in [-0.3, -0.25) is 4.79 Å². The van der Waals surface area contributed by atoms with Crippen molar-refractivity contribution in [2.75, 3.05) is 17.2 Å². The Bertz CT molecular complexity index is 666. The number of hydrogen-bond acceptors (Lipinski definition) is 5. The van der Waals surface area contributed by atoms with E-state index in [1.807, 2.05) is 18.2 Å². The van der Waals surface area contributed by atoms with E-state index in [0.717, 1.165) is 16.8 Å². The minimum Gasteiger partial charge on any atom is -0.392 e. The van der Waals surface area contributed by atoms with Gasteiger partial charge in [0.05, 0.1) is 12.6 Å². The lowest BCUT2D eigenvalue weighted by molar-refractivity contribution is -0.114. The maximum Gasteiger partial charge on any atom is 0.244 e. The Hall–Kier alpha value is -2.34. The molecule has 1 atom stereocenters. The number of aliphatic hydroxyl groups excluding tert-OH is 1. The van der Waals surface area contributed by atoms with Crippen LogP contribution >= 0.6 is 0 Å². The molecule has 0 aliphatic heterocycles. The van der Waals surface area contributed by atoms with Gasteiger partial charge in [-0.1, -0.05) is 17.3 Å². The monoisotopic (exact) mass is 287 g/mol. The van der Waals surface area contributed by atoms with Crippen LogP contribution in [0.15, 0.2) is 28.8 Å². The Morgan fingerprint density at radius 2 is 2.33 bits per heavy atom. The van der Waals surface area contributed by atoms with Crippen LogP contribution in [0.3, 0.4) is 0 Å². The molecule has 1 aromatic carbocycles. The number of aromatic nitrogens is 1. The van der Waals surface area contributed by atoms with E-state index in [9.17, 15) is 9.90 Å². The van der Waals surface area contributed by atoms with E-state index < -0.39 is 0 Å². The van der Waals surface area contributed by atoms with Gasteiger partial charge < -0.3 is 20.3 Å². The maximum atomic E-state index is 11.9. The highest BCUT2D eigenvalue weighted by molar-refractivity contribution is 5.93. The van der Waals surface area contributed by atoms with Crippen LogP contribution in [-0.2, 0) is 17.6 Å². The van der Waals surface area contributed by atoms with Crippen molar-refractivity contribution in [3.63, 3.8) is 0 Å². The molecule has 6 nitrogen and oxygen atoms in total. The third kappa shape index (κ3) is 3.05. The maximum absolute atomic E-state index is 11.9. The van der Waals surface area contributed by atoms with E-state index in [-0.39, 0.29) is 18.6 Å². The zero-order valence-corrected chi connectivity index (χ0v) is 11.7. The summed E-state index contributed by atoms with van der Waals surface area (Å²) >= 11 is 0. The molecule has 2 aromatic rings. The molecular formula is C15H17N3O3. The zero-order chi connectivity index (χ0) is 14.8. The fourth-order valence-corrected chi connectivity index (χ4v) is 2.58. The van der Waals surface area contributed by atoms with Gasteiger partial charge in [-0.25, -0.2) is 0 Å². The molecule has 0 radical (unpaired) electrons. The summed E-state index contributed by atoms with van der Waals surface area (Å²) in [4.78, 5) is 11.9. The fourth-order valence-electron chi connectivity index (χ4n) is 2.58. The van der Waals surface area contributed by atoms with Crippen LogP contribution in [0.25, 0.3) is 0 Å². The second-order valence-corrected chi connectivity index (χ2v) is 5.23. The number of carbonyl (C=O) groups excluding carboxylic acids is 1. The summed E-state index contributed by atoms with van der Waals surface area (Å²) in [6, 6.07) is 7.52. The summed E-state index contributed by atoms with van der Waals surface area (Å²) < 4.78 is 4.89. The number of aliphatic hydroxyl groups is 1. The first-order valence-electron chi connectivity index (χ1n) is 6.87. The van der Waals surface area contributed by atoms with Crippen molar-refractivity contribution >= 4 is 17.4 Å². The van der Waals surface area contributed by atoms with Gasteiger partial charge in [0.1, 0.15) is 5.76 Å². The Labute approximate surface area is 122 Å². The van der Waals surface area contributed by atoms with Crippen LogP contribution in [0.1, 0.15) is 16.9 Å². The van der Waals surface area contributed by atoms with E-state index >= 15 is 0 Å². The van der Waals surface area contributed by atoms with Crippen LogP contribution in [0.2, 0.25) is 0 Å². The van der Waals surface area contributed by atoms with E-state index in [1.165, 1.54) is 0 Å². The first-order chi connectivity index (χ1) is 10.1. The summed E-state index contributed by atoms with van der Waals surface area (Å²) in [5.74, 6) is 0.862. The summed E-state index contributed by atoms with van der Waals surface area (Å²) in [6.45, 7) is 1.90. The Morgan fingerprint density at radius 3 is 3.10 bits per heavy atom. The van der Waals surface area contributed by atoms with Crippen LogP contribution in [-0.4, -0.2) is 28.8 Å². The number of amides is 1. The van der Waals surface area contributed by atoms with E-state index in [1.54, 1.807) is 13.0 Å². The van der Waals surface area contributed by atoms with Crippen LogP contribution < -0.4 is 10.6 Å². The van der Waals surface area contributed by atoms with Crippen molar-refractivity contribution in [2.24, 2.45) is 0 Å². The Morgan fingerprint density at radius 1 is 1.48 bits per heavy atom. The molecule has 3 rings (SSSR count). The minimum absolute atomic E-state index is 0.137. The standard InChI is InChI=1S/C15H17N3O3/c1-9-5-14(18-21-9)17-15(20)8-16-13-4-2-3-10-6-11(19)7-12(10)13/h2-5,11,16,19H,6-8H2,1H3,(H,17,18,20)/t11-/m0/s1. The molecule has 1 aliphatic rings. The number of hydrogen-bond donors (Lipinski definition) is 3. The summed E-state index contributed by atoms with van der Waals surface area (Å²) in [5.41, 5.74) is 3.13. The van der Waals surface area contributed by atoms with Gasteiger partial charge in [-0.15, -0.1) is 0 Å². The molecule has 0 unspecified atom stereocenters. The summed E-state index contributed by atoms with van der Waals surface area (Å²) in [5, 5.41) is 19.2. The smallest absolute Gasteiger partial charge is 0.244 e. The third-order valence-electron chi connectivity index (χ3n) is 3.50. The highest BCUT2D eigenvalue weighted by atomic mass is 16.5. The van der Waals surface area contributed by atoms with Crippen molar-refractivity contribution < 1.29 is 14.4 Å². The highest BCUT2D eigenvalue weighted by Gasteiger charge is 2.21. The predicted octanol–water partition coefficient (Wildman–Crippen LogP) is 1.49. The quantitative estimate of drug-likeness (QED) is 0.793. The van der Waals surface area contributed by atoms with Crippen molar-refractivity contribution in [1.29, 1.82) is 0 Å². The molecule has 3 N–H and O–H groups in total. The molecule has 0 fully saturated rings. The summed E-state index contributed by atoms with van der Waals surface area (Å²) in [7, 11) is 0. The van der Waals surface area contributed by atoms with Gasteiger partial charge in [-0.2, -0.15) is 0 Å². The van der Waals surface area contributed by atoms with Crippen molar-refractivity contribution in [3.05, 3.63) is 41.2 Å². The molecule has 1 heterocycles. The SMILES string of the molecule is Cc1cc(NC(=O)CNc2cccc3c2C[C@@H](O)C3)no1. The van der Waals surface area contributed by atoms with Crippen molar-refractivity contribution in [1.82, 2.24) is 5.16 Å². The number of nitrogens with zero attached hydrogens (tertiary/aromatic N) is 1. The van der Waals surface area contributed by atoms with Crippen LogP contribution in [0.4, 0.5) is 11.5 Å². The number of carbonyl (C=O) groups is 1. The second-order valence-electron chi connectivity index (χ2n) is 5.23. The van der Waals surface area contributed by atoms with Gasteiger partial charge in [0.25, 0.3) is 0 Å². The molecule has 6 heteroatoms. The number of fused-ring (bicyclic) bond motifs is 1. The number of anilines is 2. The number of benzene rings is 1. The van der Waals surface area contributed by atoms with Gasteiger partial charge in [0.15, 0.2) is 5.82 Å². The summed E-state index contributed by atoms with van der Waals surface area (Å²) in [6.07, 6.45) is 0.979. The largest absolute Gasteiger partial charge is 0.392 e. The molecule has 1 aliphatic carbocycles. The van der Waals surface area contributed by atoms with Gasteiger partial charge in [-0.05, 0) is 30.5 Å². The predicted molar refractivity (Wildman–Crippen MR) is 78.2 cm³/mol. The van der Waals surface area contributed by atoms with Gasteiger partial charge in [0, 0.05) is 18.2 Å². The van der Waals surface area contributed by atoms with E-state index in [2.05, 4.69) is 15.8 Å². The average Bonchev–Trinajstić information content (AvgIpc) is 3.01. The first-order valence-corrected chi connectivity index (χ1v) is 6.87. The minimum atomic E-state index is -0.324. The number of nitrogens with one attached hydrogen (secondary N) is 2. The third-order valence-corrected chi connectivity index (χ3v) is 3.50. The van der Waals surface area contributed by atoms with E-state index in [0.29, 0.717) is 24.4 Å². The molecule has 110 valence electrons. The second kappa shape index (κ2) is 5.57. The van der Waals surface area contributed by atoms with Gasteiger partial charge >= 0.3 is 0 Å². The van der Waals surface area contributed by atoms with Crippen LogP contribution in [0.5, 0.6) is 0 Å². The van der Waals surface area contributed by atoms with Crippen LogP contribution in [0, 0.1) is 6.92 Å². The molecule has 1 amide bonds.